The monoisotopic (exact) mass is 336 g/mol. The van der Waals surface area contributed by atoms with Crippen molar-refractivity contribution in [3.05, 3.63) is 27.3 Å². The first kappa shape index (κ1) is 17.6. The van der Waals surface area contributed by atoms with Crippen molar-refractivity contribution in [2.45, 2.75) is 65.8 Å². The Morgan fingerprint density at radius 2 is 1.87 bits per heavy atom. The highest BCUT2D eigenvalue weighted by molar-refractivity contribution is 7.13. The van der Waals surface area contributed by atoms with Crippen molar-refractivity contribution in [2.75, 3.05) is 0 Å². The summed E-state index contributed by atoms with van der Waals surface area (Å²) in [4.78, 5) is 22.0. The van der Waals surface area contributed by atoms with E-state index in [9.17, 15) is 4.79 Å². The van der Waals surface area contributed by atoms with Crippen molar-refractivity contribution >= 4 is 17.2 Å². The van der Waals surface area contributed by atoms with Crippen LogP contribution in [0.25, 0.3) is 0 Å². The van der Waals surface area contributed by atoms with E-state index in [4.69, 9.17) is 4.52 Å². The van der Waals surface area contributed by atoms with Gasteiger partial charge in [-0.1, -0.05) is 32.9 Å². The van der Waals surface area contributed by atoms with Crippen molar-refractivity contribution in [3.63, 3.8) is 0 Å². The number of carbonyl (C=O) groups is 1. The highest BCUT2D eigenvalue weighted by atomic mass is 32.1. The predicted octanol–water partition coefficient (Wildman–Crippen LogP) is 3.36. The van der Waals surface area contributed by atoms with E-state index in [-0.39, 0.29) is 11.3 Å². The van der Waals surface area contributed by atoms with Gasteiger partial charge in [-0.25, -0.2) is 4.98 Å². The maximum absolute atomic E-state index is 12.6. The van der Waals surface area contributed by atoms with Gasteiger partial charge in [-0.3, -0.25) is 4.79 Å². The van der Waals surface area contributed by atoms with Crippen LogP contribution in [0.5, 0.6) is 0 Å². The molecule has 0 bridgehead atoms. The van der Waals surface area contributed by atoms with Crippen molar-refractivity contribution in [1.82, 2.24) is 20.4 Å². The number of nitrogens with zero attached hydrogens (tertiary/aromatic N) is 3. The van der Waals surface area contributed by atoms with Gasteiger partial charge in [-0.15, -0.1) is 11.3 Å². The lowest BCUT2D eigenvalue weighted by atomic mass is 9.97. The number of carbonyl (C=O) groups excluding carboxylic acids is 1. The maximum atomic E-state index is 12.6. The second kappa shape index (κ2) is 6.03. The Hall–Kier alpha value is -1.76. The summed E-state index contributed by atoms with van der Waals surface area (Å²) < 4.78 is 5.33. The molecule has 0 spiro atoms. The summed E-state index contributed by atoms with van der Waals surface area (Å²) in [6.45, 7) is 13.6. The number of aromatic nitrogens is 3. The molecular weight excluding hydrogens is 312 g/mol. The van der Waals surface area contributed by atoms with E-state index in [1.165, 1.54) is 11.3 Å². The number of hydrogen-bond acceptors (Lipinski definition) is 6. The molecule has 2 rings (SSSR count). The van der Waals surface area contributed by atoms with Crippen LogP contribution in [0.4, 0.5) is 0 Å². The van der Waals surface area contributed by atoms with Crippen LogP contribution in [0.1, 0.15) is 73.6 Å². The van der Waals surface area contributed by atoms with Gasteiger partial charge >= 0.3 is 0 Å². The summed E-state index contributed by atoms with van der Waals surface area (Å²) in [6.07, 6.45) is 0.821. The molecule has 23 heavy (non-hydrogen) atoms. The van der Waals surface area contributed by atoms with E-state index < -0.39 is 5.54 Å². The average Bonchev–Trinajstić information content (AvgIpc) is 3.03. The lowest BCUT2D eigenvalue weighted by Gasteiger charge is -2.22. The topological polar surface area (TPSA) is 80.9 Å². The van der Waals surface area contributed by atoms with Gasteiger partial charge in [0.25, 0.3) is 5.91 Å². The fourth-order valence-corrected chi connectivity index (χ4v) is 2.89. The molecule has 7 heteroatoms. The summed E-state index contributed by atoms with van der Waals surface area (Å²) in [5.41, 5.74) is -0.202. The van der Waals surface area contributed by atoms with Crippen LogP contribution in [-0.2, 0) is 17.4 Å². The third kappa shape index (κ3) is 3.77. The second-order valence-electron chi connectivity index (χ2n) is 7.13. The van der Waals surface area contributed by atoms with Gasteiger partial charge < -0.3 is 9.84 Å². The van der Waals surface area contributed by atoms with Crippen LogP contribution >= 0.6 is 11.3 Å². The minimum absolute atomic E-state index is 0.160. The molecule has 0 radical (unpaired) electrons. The Labute approximate surface area is 140 Å². The third-order valence-corrected chi connectivity index (χ3v) is 4.70. The smallest absolute Gasteiger partial charge is 0.264 e. The Kier molecular flexibility index (Phi) is 4.61. The zero-order valence-corrected chi connectivity index (χ0v) is 15.6. The molecule has 0 atom stereocenters. The van der Waals surface area contributed by atoms with E-state index in [0.717, 1.165) is 17.1 Å². The molecular formula is C16H24N4O2S. The molecule has 0 fully saturated rings. The molecule has 0 aliphatic carbocycles. The fraction of sp³-hybridized carbons (Fsp3) is 0.625. The molecule has 0 aromatic carbocycles. The predicted molar refractivity (Wildman–Crippen MR) is 89.7 cm³/mol. The maximum Gasteiger partial charge on any atom is 0.264 e. The van der Waals surface area contributed by atoms with Gasteiger partial charge in [0, 0.05) is 5.41 Å². The van der Waals surface area contributed by atoms with Crippen LogP contribution in [0.15, 0.2) is 4.52 Å². The third-order valence-electron chi connectivity index (χ3n) is 3.40. The van der Waals surface area contributed by atoms with E-state index in [1.54, 1.807) is 0 Å². The number of thiazole rings is 1. The first-order valence-electron chi connectivity index (χ1n) is 7.68. The summed E-state index contributed by atoms with van der Waals surface area (Å²) in [5, 5.41) is 7.97. The minimum atomic E-state index is -0.729. The van der Waals surface area contributed by atoms with E-state index in [0.29, 0.717) is 16.6 Å². The Bertz CT molecular complexity index is 710. The molecule has 0 aliphatic rings. The van der Waals surface area contributed by atoms with Crippen molar-refractivity contribution in [1.29, 1.82) is 0 Å². The highest BCUT2D eigenvalue weighted by Gasteiger charge is 2.32. The molecule has 1 N–H and O–H groups in total. The molecule has 2 aromatic rings. The van der Waals surface area contributed by atoms with Gasteiger partial charge in [-0.2, -0.15) is 4.98 Å². The summed E-state index contributed by atoms with van der Waals surface area (Å²) >= 11 is 1.43. The van der Waals surface area contributed by atoms with Crippen molar-refractivity contribution in [3.8, 4) is 0 Å². The van der Waals surface area contributed by atoms with Gasteiger partial charge in [-0.05, 0) is 27.2 Å². The number of amides is 1. The van der Waals surface area contributed by atoms with Crippen molar-refractivity contribution < 1.29 is 9.32 Å². The van der Waals surface area contributed by atoms with E-state index >= 15 is 0 Å². The quantitative estimate of drug-likeness (QED) is 0.926. The van der Waals surface area contributed by atoms with Gasteiger partial charge in [0.05, 0.1) is 16.2 Å². The summed E-state index contributed by atoms with van der Waals surface area (Å²) in [6, 6.07) is 0. The number of aryl methyl sites for hydroxylation is 2. The molecule has 6 nitrogen and oxygen atoms in total. The lowest BCUT2D eigenvalue weighted by Crippen LogP contribution is -2.41. The second-order valence-corrected chi connectivity index (χ2v) is 8.21. The molecule has 0 saturated heterocycles. The fourth-order valence-electron chi connectivity index (χ4n) is 1.99. The molecule has 2 heterocycles. The highest BCUT2D eigenvalue weighted by Crippen LogP contribution is 2.25. The van der Waals surface area contributed by atoms with Gasteiger partial charge in [0.15, 0.2) is 5.82 Å². The van der Waals surface area contributed by atoms with Crippen LogP contribution in [-0.4, -0.2) is 21.0 Å². The van der Waals surface area contributed by atoms with E-state index in [1.807, 2.05) is 48.5 Å². The molecule has 0 unspecified atom stereocenters. The van der Waals surface area contributed by atoms with Crippen LogP contribution in [0, 0.1) is 6.92 Å². The Morgan fingerprint density at radius 1 is 1.22 bits per heavy atom. The van der Waals surface area contributed by atoms with Crippen LogP contribution in [0.2, 0.25) is 0 Å². The summed E-state index contributed by atoms with van der Waals surface area (Å²) in [7, 11) is 0. The molecule has 2 aromatic heterocycles. The zero-order valence-electron chi connectivity index (χ0n) is 14.8. The minimum Gasteiger partial charge on any atom is -0.339 e. The van der Waals surface area contributed by atoms with Crippen LogP contribution < -0.4 is 5.32 Å². The molecule has 126 valence electrons. The molecule has 1 amide bonds. The van der Waals surface area contributed by atoms with Gasteiger partial charge in [0.2, 0.25) is 5.89 Å². The van der Waals surface area contributed by atoms with Crippen LogP contribution in [0.3, 0.4) is 0 Å². The largest absolute Gasteiger partial charge is 0.339 e. The van der Waals surface area contributed by atoms with E-state index in [2.05, 4.69) is 20.4 Å². The SMILES string of the molecule is CCc1nc(C)c(C(=O)NC(C)(C)c2noc(C(C)(C)C)n2)s1. The van der Waals surface area contributed by atoms with Crippen molar-refractivity contribution in [2.24, 2.45) is 0 Å². The first-order valence-corrected chi connectivity index (χ1v) is 8.49. The first-order chi connectivity index (χ1) is 10.5. The Balaban J connectivity index is 2.21. The lowest BCUT2D eigenvalue weighted by molar-refractivity contribution is 0.0911. The van der Waals surface area contributed by atoms with Gasteiger partial charge in [0.1, 0.15) is 4.88 Å². The standard InChI is InChI=1S/C16H24N4O2S/c1-8-10-17-9(2)11(23-10)12(21)19-16(6,7)13-18-14(22-20-13)15(3,4)5/h8H2,1-7H3,(H,19,21). The average molecular weight is 336 g/mol. The Morgan fingerprint density at radius 3 is 2.35 bits per heavy atom. The number of nitrogens with one attached hydrogen (secondary N) is 1. The normalized spacial score (nSPS) is 12.5. The molecule has 0 aliphatic heterocycles. The molecule has 0 saturated carbocycles. The number of rotatable bonds is 4. The summed E-state index contributed by atoms with van der Waals surface area (Å²) in [5.74, 6) is 0.859. The number of hydrogen-bond donors (Lipinski definition) is 1. The zero-order chi connectivity index (χ0) is 17.4.